The first-order chi connectivity index (χ1) is 30.9. The van der Waals surface area contributed by atoms with Crippen molar-refractivity contribution in [2.45, 2.75) is 5.60 Å². The topological polar surface area (TPSA) is 175 Å². The molecule has 0 saturated heterocycles. The first-order valence-corrected chi connectivity index (χ1v) is 25.9. The molecule has 2 aliphatic rings. The molecule has 11 nitrogen and oxygen atoms in total. The normalized spacial score (nSPS) is 12.5. The summed E-state index contributed by atoms with van der Waals surface area (Å²) in [6, 6.07) is 34.7. The smallest absolute Gasteiger partial charge is 0.340 e. The number of phenols is 4. The van der Waals surface area contributed by atoms with E-state index in [-0.39, 0.29) is 45.9 Å². The first-order valence-electron chi connectivity index (χ1n) is 18.4. The Bertz CT molecular complexity index is 2880. The van der Waals surface area contributed by atoms with Crippen LogP contribution < -0.4 is 15.4 Å². The highest BCUT2D eigenvalue weighted by atomic mass is 127. The van der Waals surface area contributed by atoms with Gasteiger partial charge in [-0.05, 0) is 193 Å². The molecule has 0 radical (unpaired) electrons. The Hall–Kier alpha value is -3.21. The molecule has 2 aliphatic heterocycles. The number of halogens is 8. The van der Waals surface area contributed by atoms with Gasteiger partial charge >= 0.3 is 5.97 Å². The summed E-state index contributed by atoms with van der Waals surface area (Å²) in [7, 11) is 0. The quantitative estimate of drug-likeness (QED) is 0.0740. The number of nitrogens with one attached hydrogen (secondary N) is 2. The molecule has 0 aromatic heterocycles. The summed E-state index contributed by atoms with van der Waals surface area (Å²) in [4.78, 5) is 36.8. The lowest BCUT2D eigenvalue weighted by molar-refractivity contribution is 0.0222. The number of esters is 1. The number of anilines is 2. The number of hydrogen-bond donors (Lipinski definition) is 6. The zero-order valence-electron chi connectivity index (χ0n) is 32.4. The highest BCUT2D eigenvalue weighted by molar-refractivity contribution is 14.1. The number of benzene rings is 7. The first kappa shape index (κ1) is 49.7. The molecule has 7 aromatic rings. The molecule has 65 heavy (non-hydrogen) atoms. The van der Waals surface area contributed by atoms with Crippen LogP contribution in [-0.4, -0.2) is 38.2 Å². The summed E-state index contributed by atoms with van der Waals surface area (Å²) >= 11 is 21.3. The number of fused-ring (bicyclic) bond motifs is 6. The van der Waals surface area contributed by atoms with Gasteiger partial charge in [0.25, 0.3) is 11.8 Å². The summed E-state index contributed by atoms with van der Waals surface area (Å²) in [5, 5.41) is 45.7. The van der Waals surface area contributed by atoms with Gasteiger partial charge in [-0.1, -0.05) is 81.9 Å². The van der Waals surface area contributed by atoms with Crippen molar-refractivity contribution in [2.24, 2.45) is 0 Å². The van der Waals surface area contributed by atoms with E-state index in [1.54, 1.807) is 72.8 Å². The van der Waals surface area contributed by atoms with Crippen LogP contribution in [0.2, 0.25) is 0 Å². The van der Waals surface area contributed by atoms with Crippen LogP contribution in [0.3, 0.4) is 0 Å². The Balaban J connectivity index is 0.000000153. The van der Waals surface area contributed by atoms with Crippen molar-refractivity contribution in [3.63, 3.8) is 0 Å². The second-order valence-electron chi connectivity index (χ2n) is 13.8. The third-order valence-corrected chi connectivity index (χ3v) is 15.3. The zero-order valence-corrected chi connectivity index (χ0v) is 47.4. The average molecular weight is 1580 g/mol. The van der Waals surface area contributed by atoms with Gasteiger partial charge < -0.3 is 40.5 Å². The van der Waals surface area contributed by atoms with Crippen molar-refractivity contribution < 1.29 is 44.3 Å². The van der Waals surface area contributed by atoms with Crippen LogP contribution in [0, 0.1) is 14.3 Å². The lowest BCUT2D eigenvalue weighted by Gasteiger charge is -2.37. The number of hydrogen-bond acceptors (Lipinski definition) is 9. The van der Waals surface area contributed by atoms with Gasteiger partial charge in [0.2, 0.25) is 0 Å². The second kappa shape index (κ2) is 21.0. The highest BCUT2D eigenvalue weighted by Gasteiger charge is 2.55. The third-order valence-electron chi connectivity index (χ3n) is 9.64. The van der Waals surface area contributed by atoms with Gasteiger partial charge in [-0.25, -0.2) is 4.79 Å². The van der Waals surface area contributed by atoms with Crippen molar-refractivity contribution in [3.8, 4) is 34.5 Å². The largest absolute Gasteiger partial charge is 0.507 e. The summed E-state index contributed by atoms with van der Waals surface area (Å²) in [5.41, 5.74) is 3.06. The molecular weight excluding hydrogens is 1550 g/mol. The molecule has 2 heterocycles. The van der Waals surface area contributed by atoms with E-state index in [4.69, 9.17) is 9.47 Å². The molecule has 0 aliphatic carbocycles. The Morgan fingerprint density at radius 1 is 0.523 bits per heavy atom. The molecule has 2 amide bonds. The van der Waals surface area contributed by atoms with E-state index >= 15 is 0 Å². The van der Waals surface area contributed by atoms with Crippen molar-refractivity contribution in [3.05, 3.63) is 187 Å². The maximum Gasteiger partial charge on any atom is 0.340 e. The van der Waals surface area contributed by atoms with Crippen molar-refractivity contribution >= 4 is 183 Å². The van der Waals surface area contributed by atoms with Gasteiger partial charge in [0.15, 0.2) is 17.1 Å². The molecule has 0 unspecified atom stereocenters. The molecule has 9 rings (SSSR count). The molecule has 6 N–H and O–H groups in total. The Morgan fingerprint density at radius 2 is 0.923 bits per heavy atom. The van der Waals surface area contributed by atoms with Gasteiger partial charge in [-0.3, -0.25) is 9.59 Å². The lowest BCUT2D eigenvalue weighted by Crippen LogP contribution is -2.34. The minimum absolute atomic E-state index is 0.0483. The number of phenolic OH excluding ortho intramolecular Hbond substituents is 4. The predicted molar refractivity (Wildman–Crippen MR) is 295 cm³/mol. The molecule has 330 valence electrons. The van der Waals surface area contributed by atoms with Crippen LogP contribution in [0.5, 0.6) is 34.5 Å². The van der Waals surface area contributed by atoms with Crippen LogP contribution in [-0.2, 0) is 10.3 Å². The molecule has 0 atom stereocenters. The fourth-order valence-corrected chi connectivity index (χ4v) is 11.4. The minimum atomic E-state index is -1.22. The molecule has 0 saturated carbocycles. The summed E-state index contributed by atoms with van der Waals surface area (Å²) in [5.74, 6) is -0.182. The third kappa shape index (κ3) is 10.6. The standard InChI is InChI=1S/C20H8I4O5.2C13H9Br2NO2/c21-11-5-9-17(13(23)15(11)25)28-18-10(6-12(22)16(26)14(18)24)20(9)8-4-2-1-3-7(8)19(27)29-20;2*14-8-1-4-10(5-2-8)16-13(18)11-7-9(15)3-6-12(11)17/h1-6,25-26H;2*1-7,17H,(H,16,18). The van der Waals surface area contributed by atoms with Gasteiger partial charge in [0.1, 0.15) is 23.0 Å². The predicted octanol–water partition coefficient (Wildman–Crippen LogP) is 14.4. The van der Waals surface area contributed by atoms with Crippen molar-refractivity contribution in [1.29, 1.82) is 0 Å². The SMILES string of the molecule is O=C(Nc1ccc(Br)cc1)c1cc(Br)ccc1O.O=C(Nc1ccc(Br)cc1)c1cc(Br)ccc1O.O=C1OC2(c3ccccc31)c1cc(I)c(O)c(I)c1Oc1c2cc(I)c(O)c1I. The number of rotatable bonds is 4. The Kier molecular flexibility index (Phi) is 16.0. The Morgan fingerprint density at radius 3 is 1.35 bits per heavy atom. The lowest BCUT2D eigenvalue weighted by atomic mass is 9.77. The molecule has 7 aromatic carbocycles. The summed E-state index contributed by atoms with van der Waals surface area (Å²) in [6.45, 7) is 0. The number of aromatic hydroxyl groups is 4. The number of amides is 2. The number of ether oxygens (including phenoxy) is 2. The van der Waals surface area contributed by atoms with Crippen molar-refractivity contribution in [2.75, 3.05) is 10.6 Å². The van der Waals surface area contributed by atoms with Crippen LogP contribution in [0.15, 0.2) is 139 Å². The molecule has 1 spiro atoms. The molecule has 19 heteroatoms. The van der Waals surface area contributed by atoms with Crippen LogP contribution >= 0.6 is 154 Å². The fourth-order valence-electron chi connectivity index (χ4n) is 6.61. The van der Waals surface area contributed by atoms with Crippen LogP contribution in [0.1, 0.15) is 47.8 Å². The summed E-state index contributed by atoms with van der Waals surface area (Å²) < 4.78 is 18.0. The van der Waals surface area contributed by atoms with Gasteiger partial charge in [-0.15, -0.1) is 0 Å². The Labute approximate surface area is 459 Å². The van der Waals surface area contributed by atoms with E-state index in [0.717, 1.165) is 17.9 Å². The van der Waals surface area contributed by atoms with E-state index in [1.165, 1.54) is 12.1 Å². The highest BCUT2D eigenvalue weighted by Crippen LogP contribution is 2.60. The van der Waals surface area contributed by atoms with Gasteiger partial charge in [0, 0.05) is 34.8 Å². The van der Waals surface area contributed by atoms with E-state index in [0.29, 0.717) is 59.4 Å². The number of carbonyl (C=O) groups excluding carboxylic acids is 3. The van der Waals surface area contributed by atoms with Crippen molar-refractivity contribution in [1.82, 2.24) is 0 Å². The fraction of sp³-hybridized carbons (Fsp3) is 0.0217. The average Bonchev–Trinajstić information content (AvgIpc) is 3.58. The molecule has 0 bridgehead atoms. The monoisotopic (exact) mass is 1570 g/mol. The van der Waals surface area contributed by atoms with Gasteiger partial charge in [0.05, 0.1) is 42.1 Å². The number of carbonyl (C=O) groups is 3. The van der Waals surface area contributed by atoms with Crippen LogP contribution in [0.25, 0.3) is 0 Å². The molecular formula is C46H26Br4I4N2O9. The van der Waals surface area contributed by atoms with E-state index in [1.807, 2.05) is 81.6 Å². The maximum atomic E-state index is 12.9. The minimum Gasteiger partial charge on any atom is -0.507 e. The summed E-state index contributed by atoms with van der Waals surface area (Å²) in [6.07, 6.45) is 0. The maximum absolute atomic E-state index is 12.9. The van der Waals surface area contributed by atoms with E-state index < -0.39 is 11.6 Å². The second-order valence-corrected chi connectivity index (χ2v) is 21.9. The molecule has 0 fully saturated rings. The van der Waals surface area contributed by atoms with Crippen LogP contribution in [0.4, 0.5) is 11.4 Å². The van der Waals surface area contributed by atoms with E-state index in [9.17, 15) is 34.8 Å². The zero-order chi connectivity index (χ0) is 46.9. The van der Waals surface area contributed by atoms with Gasteiger partial charge in [-0.2, -0.15) is 0 Å². The van der Waals surface area contributed by atoms with E-state index in [2.05, 4.69) is 120 Å².